The molecule has 0 fully saturated rings. The van der Waals surface area contributed by atoms with E-state index in [9.17, 15) is 13.2 Å². The Hall–Kier alpha value is -4.65. The molecule has 0 saturated carbocycles. The van der Waals surface area contributed by atoms with Gasteiger partial charge < -0.3 is 25.3 Å². The van der Waals surface area contributed by atoms with Crippen LogP contribution in [0, 0.1) is 12.3 Å². The molecule has 3 N–H and O–H groups in total. The molecule has 0 aliphatic heterocycles. The highest BCUT2D eigenvalue weighted by atomic mass is 19.4. The van der Waals surface area contributed by atoms with Crippen molar-refractivity contribution in [1.29, 1.82) is 0 Å². The van der Waals surface area contributed by atoms with Crippen LogP contribution in [-0.2, 0) is 6.54 Å². The molecule has 7 nitrogen and oxygen atoms in total. The van der Waals surface area contributed by atoms with Crippen LogP contribution in [0.2, 0.25) is 0 Å². The van der Waals surface area contributed by atoms with Crippen LogP contribution >= 0.6 is 0 Å². The number of aromatic nitrogens is 2. The molecule has 0 radical (unpaired) electrons. The highest BCUT2D eigenvalue weighted by Crippen LogP contribution is 2.45. The molecular formula is C26H21F3N4O3. The van der Waals surface area contributed by atoms with Gasteiger partial charge >= 0.3 is 6.36 Å². The van der Waals surface area contributed by atoms with Crippen molar-refractivity contribution >= 4 is 22.7 Å². The molecule has 184 valence electrons. The van der Waals surface area contributed by atoms with E-state index in [1.165, 1.54) is 32.4 Å². The van der Waals surface area contributed by atoms with E-state index in [2.05, 4.69) is 25.9 Å². The number of hydrogen-bond acceptors (Lipinski definition) is 7. The van der Waals surface area contributed by atoms with E-state index >= 15 is 0 Å². The maximum absolute atomic E-state index is 12.5. The summed E-state index contributed by atoms with van der Waals surface area (Å²) in [5.74, 6) is 3.49. The standard InChI is InChI=1S/C26H21F3N4O3/c1-4-15-7-5-9-17(11-15)21-22-19(13-20(34-2)23(21)35-3)32-25(33-24(22)30)31-14-16-8-6-10-18(12-16)36-26(27,28)29/h1,5-13H,14H2,2-3H3,(H3,30,31,32,33). The number of nitrogens with two attached hydrogens (primary N) is 1. The maximum atomic E-state index is 12.5. The van der Waals surface area contributed by atoms with E-state index in [-0.39, 0.29) is 24.1 Å². The van der Waals surface area contributed by atoms with Crippen LogP contribution in [-0.4, -0.2) is 30.5 Å². The molecule has 1 aromatic heterocycles. The minimum absolute atomic E-state index is 0.129. The lowest BCUT2D eigenvalue weighted by atomic mass is 9.97. The Balaban J connectivity index is 1.75. The third-order valence-electron chi connectivity index (χ3n) is 5.26. The second-order valence-corrected chi connectivity index (χ2v) is 7.59. The van der Waals surface area contributed by atoms with E-state index in [0.717, 1.165) is 5.56 Å². The molecule has 0 bridgehead atoms. The van der Waals surface area contributed by atoms with Gasteiger partial charge in [-0.3, -0.25) is 0 Å². The monoisotopic (exact) mass is 494 g/mol. The van der Waals surface area contributed by atoms with Crippen molar-refractivity contribution in [3.8, 4) is 40.7 Å². The van der Waals surface area contributed by atoms with E-state index in [1.807, 2.05) is 18.2 Å². The number of benzene rings is 3. The fourth-order valence-corrected chi connectivity index (χ4v) is 3.79. The molecule has 3 aromatic carbocycles. The lowest BCUT2D eigenvalue weighted by Gasteiger charge is -2.18. The highest BCUT2D eigenvalue weighted by molar-refractivity contribution is 6.06. The van der Waals surface area contributed by atoms with Crippen LogP contribution in [0.3, 0.4) is 0 Å². The van der Waals surface area contributed by atoms with Gasteiger partial charge in [0, 0.05) is 23.7 Å². The Morgan fingerprint density at radius 3 is 2.50 bits per heavy atom. The molecule has 0 aliphatic carbocycles. The topological polar surface area (TPSA) is 91.5 Å². The lowest BCUT2D eigenvalue weighted by Crippen LogP contribution is -2.17. The Bertz CT molecular complexity index is 1470. The third kappa shape index (κ3) is 5.20. The molecular weight excluding hydrogens is 473 g/mol. The van der Waals surface area contributed by atoms with Gasteiger partial charge in [-0.1, -0.05) is 30.2 Å². The number of anilines is 2. The molecule has 0 amide bonds. The Morgan fingerprint density at radius 2 is 1.81 bits per heavy atom. The minimum Gasteiger partial charge on any atom is -0.493 e. The number of ether oxygens (including phenoxy) is 3. The van der Waals surface area contributed by atoms with Crippen LogP contribution in [0.4, 0.5) is 24.9 Å². The fourth-order valence-electron chi connectivity index (χ4n) is 3.79. The van der Waals surface area contributed by atoms with Gasteiger partial charge in [0.05, 0.1) is 25.1 Å². The lowest BCUT2D eigenvalue weighted by molar-refractivity contribution is -0.274. The summed E-state index contributed by atoms with van der Waals surface area (Å²) in [6, 6.07) is 14.6. The molecule has 36 heavy (non-hydrogen) atoms. The zero-order valence-electron chi connectivity index (χ0n) is 19.3. The smallest absolute Gasteiger partial charge is 0.493 e. The molecule has 1 heterocycles. The summed E-state index contributed by atoms with van der Waals surface area (Å²) in [4.78, 5) is 8.92. The second kappa shape index (κ2) is 9.92. The van der Waals surface area contributed by atoms with Gasteiger partial charge in [0.1, 0.15) is 11.6 Å². The van der Waals surface area contributed by atoms with Crippen LogP contribution < -0.4 is 25.3 Å². The molecule has 4 rings (SSSR count). The second-order valence-electron chi connectivity index (χ2n) is 7.59. The summed E-state index contributed by atoms with van der Waals surface area (Å²) in [6.07, 6.45) is 0.801. The summed E-state index contributed by atoms with van der Waals surface area (Å²) < 4.78 is 52.7. The maximum Gasteiger partial charge on any atom is 0.573 e. The van der Waals surface area contributed by atoms with E-state index in [1.54, 1.807) is 18.2 Å². The molecule has 0 unspecified atom stereocenters. The number of nitrogens with zero attached hydrogens (tertiary/aromatic N) is 2. The number of nitrogen functional groups attached to an aromatic ring is 1. The number of rotatable bonds is 7. The van der Waals surface area contributed by atoms with Gasteiger partial charge in [-0.15, -0.1) is 19.6 Å². The van der Waals surface area contributed by atoms with Crippen molar-refractivity contribution in [2.45, 2.75) is 12.9 Å². The van der Waals surface area contributed by atoms with Crippen molar-refractivity contribution in [3.63, 3.8) is 0 Å². The van der Waals surface area contributed by atoms with Crippen LogP contribution in [0.5, 0.6) is 17.2 Å². The van der Waals surface area contributed by atoms with E-state index < -0.39 is 6.36 Å². The number of methoxy groups -OCH3 is 2. The number of fused-ring (bicyclic) bond motifs is 1. The Morgan fingerprint density at radius 1 is 1.03 bits per heavy atom. The molecule has 0 atom stereocenters. The molecule has 4 aromatic rings. The first-order valence-corrected chi connectivity index (χ1v) is 10.6. The average Bonchev–Trinajstić information content (AvgIpc) is 2.85. The largest absolute Gasteiger partial charge is 0.573 e. The van der Waals surface area contributed by atoms with Crippen molar-refractivity contribution in [2.24, 2.45) is 0 Å². The number of hydrogen-bond donors (Lipinski definition) is 2. The summed E-state index contributed by atoms with van der Waals surface area (Å²) >= 11 is 0. The average molecular weight is 494 g/mol. The predicted molar refractivity (Wildman–Crippen MR) is 131 cm³/mol. The number of halogens is 3. The van der Waals surface area contributed by atoms with Gasteiger partial charge in [0.25, 0.3) is 0 Å². The SMILES string of the molecule is C#Cc1cccc(-c2c(OC)c(OC)cc3nc(NCc4cccc(OC(F)(F)F)c4)nc(N)c23)c1. The van der Waals surface area contributed by atoms with Crippen LogP contribution in [0.1, 0.15) is 11.1 Å². The highest BCUT2D eigenvalue weighted by Gasteiger charge is 2.31. The Kier molecular flexibility index (Phi) is 6.74. The number of alkyl halides is 3. The zero-order chi connectivity index (χ0) is 25.9. The van der Waals surface area contributed by atoms with Crippen molar-refractivity contribution < 1.29 is 27.4 Å². The first kappa shape index (κ1) is 24.5. The quantitative estimate of drug-likeness (QED) is 0.333. The van der Waals surface area contributed by atoms with Crippen LogP contribution in [0.15, 0.2) is 54.6 Å². The molecule has 10 heteroatoms. The zero-order valence-corrected chi connectivity index (χ0v) is 19.3. The molecule has 0 aliphatic rings. The van der Waals surface area contributed by atoms with Gasteiger partial charge in [-0.05, 0) is 35.4 Å². The predicted octanol–water partition coefficient (Wildman–Crippen LogP) is 5.39. The fraction of sp³-hybridized carbons (Fsp3) is 0.154. The van der Waals surface area contributed by atoms with Gasteiger partial charge in [0.2, 0.25) is 5.95 Å². The van der Waals surface area contributed by atoms with Crippen LogP contribution in [0.25, 0.3) is 22.0 Å². The summed E-state index contributed by atoms with van der Waals surface area (Å²) in [5.41, 5.74) is 9.39. The normalized spacial score (nSPS) is 11.1. The van der Waals surface area contributed by atoms with Crippen molar-refractivity contribution in [1.82, 2.24) is 9.97 Å². The third-order valence-corrected chi connectivity index (χ3v) is 5.26. The van der Waals surface area contributed by atoms with E-state index in [0.29, 0.717) is 39.1 Å². The number of terminal acetylenes is 1. The summed E-state index contributed by atoms with van der Waals surface area (Å²) in [7, 11) is 3.02. The molecule has 0 spiro atoms. The van der Waals surface area contributed by atoms with Gasteiger partial charge in [-0.25, -0.2) is 4.98 Å². The summed E-state index contributed by atoms with van der Waals surface area (Å²) in [6.45, 7) is 0.129. The first-order valence-electron chi connectivity index (χ1n) is 10.6. The van der Waals surface area contributed by atoms with E-state index in [4.69, 9.17) is 21.6 Å². The Labute approximate surface area is 205 Å². The number of nitrogens with one attached hydrogen (secondary N) is 1. The van der Waals surface area contributed by atoms with Gasteiger partial charge in [0.15, 0.2) is 11.5 Å². The molecule has 0 saturated heterocycles. The van der Waals surface area contributed by atoms with Crippen molar-refractivity contribution in [3.05, 3.63) is 65.7 Å². The summed E-state index contributed by atoms with van der Waals surface area (Å²) in [5, 5.41) is 3.53. The first-order chi connectivity index (χ1) is 17.2. The van der Waals surface area contributed by atoms with Crippen molar-refractivity contribution in [2.75, 3.05) is 25.3 Å². The minimum atomic E-state index is -4.78. The van der Waals surface area contributed by atoms with Gasteiger partial charge in [-0.2, -0.15) is 4.98 Å².